The van der Waals surface area contributed by atoms with Crippen molar-refractivity contribution in [3.8, 4) is 0 Å². The van der Waals surface area contributed by atoms with Crippen molar-refractivity contribution in [3.05, 3.63) is 30.1 Å². The summed E-state index contributed by atoms with van der Waals surface area (Å²) >= 11 is 0. The van der Waals surface area contributed by atoms with Crippen LogP contribution in [0.1, 0.15) is 39.2 Å². The quantitative estimate of drug-likeness (QED) is 0.897. The Labute approximate surface area is 132 Å². The highest BCUT2D eigenvalue weighted by Gasteiger charge is 2.33. The molecule has 0 unspecified atom stereocenters. The largest absolute Gasteiger partial charge is 0.444 e. The molecule has 1 amide bonds. The highest BCUT2D eigenvalue weighted by atomic mass is 16.6. The van der Waals surface area contributed by atoms with Gasteiger partial charge >= 0.3 is 6.09 Å². The summed E-state index contributed by atoms with van der Waals surface area (Å²) in [7, 11) is 0. The van der Waals surface area contributed by atoms with Crippen molar-refractivity contribution in [3.63, 3.8) is 0 Å². The first kappa shape index (κ1) is 16.7. The van der Waals surface area contributed by atoms with Crippen molar-refractivity contribution in [1.29, 1.82) is 0 Å². The second-order valence-corrected chi connectivity index (χ2v) is 7.14. The molecule has 0 atom stereocenters. The molecule has 0 aliphatic carbocycles. The van der Waals surface area contributed by atoms with Crippen LogP contribution >= 0.6 is 0 Å². The lowest BCUT2D eigenvalue weighted by Gasteiger charge is -2.38. The SMILES string of the molecule is CC(C)(C)OC(=O)NCC1(Cc2cccnc2)CCNCC1. The lowest BCUT2D eigenvalue weighted by Crippen LogP contribution is -2.46. The third-order valence-electron chi connectivity index (χ3n) is 3.97. The number of aromatic nitrogens is 1. The highest BCUT2D eigenvalue weighted by molar-refractivity contribution is 5.67. The molecule has 0 aromatic carbocycles. The lowest BCUT2D eigenvalue weighted by atomic mass is 9.74. The van der Waals surface area contributed by atoms with Crippen molar-refractivity contribution < 1.29 is 9.53 Å². The molecular formula is C17H27N3O2. The number of alkyl carbamates (subject to hydrolysis) is 1. The van der Waals surface area contributed by atoms with Gasteiger partial charge in [-0.3, -0.25) is 4.98 Å². The zero-order chi connectivity index (χ0) is 16.1. The molecule has 0 spiro atoms. The van der Waals surface area contributed by atoms with E-state index in [-0.39, 0.29) is 11.5 Å². The monoisotopic (exact) mass is 305 g/mol. The van der Waals surface area contributed by atoms with Crippen LogP contribution in [-0.4, -0.2) is 36.3 Å². The second kappa shape index (κ2) is 7.09. The summed E-state index contributed by atoms with van der Waals surface area (Å²) in [5.41, 5.74) is 0.829. The average Bonchev–Trinajstić information content (AvgIpc) is 2.46. The summed E-state index contributed by atoms with van der Waals surface area (Å²) in [4.78, 5) is 16.1. The normalized spacial score (nSPS) is 17.8. The fourth-order valence-corrected chi connectivity index (χ4v) is 2.88. The summed E-state index contributed by atoms with van der Waals surface area (Å²) in [6.07, 6.45) is 6.37. The predicted octanol–water partition coefficient (Wildman–Crippen LogP) is 2.52. The van der Waals surface area contributed by atoms with E-state index in [9.17, 15) is 4.79 Å². The van der Waals surface area contributed by atoms with Gasteiger partial charge in [0.25, 0.3) is 0 Å². The first-order chi connectivity index (χ1) is 10.4. The summed E-state index contributed by atoms with van der Waals surface area (Å²) in [5, 5.41) is 6.35. The first-order valence-electron chi connectivity index (χ1n) is 7.95. The van der Waals surface area contributed by atoms with Gasteiger partial charge in [-0.2, -0.15) is 0 Å². The molecule has 2 heterocycles. The van der Waals surface area contributed by atoms with E-state index >= 15 is 0 Å². The van der Waals surface area contributed by atoms with Gasteiger partial charge in [0.2, 0.25) is 0 Å². The minimum atomic E-state index is -0.464. The minimum Gasteiger partial charge on any atom is -0.444 e. The molecular weight excluding hydrogens is 278 g/mol. The van der Waals surface area contributed by atoms with E-state index in [1.54, 1.807) is 6.20 Å². The Bertz CT molecular complexity index is 476. The molecule has 5 heteroatoms. The first-order valence-corrected chi connectivity index (χ1v) is 7.95. The molecule has 1 aliphatic heterocycles. The maximum atomic E-state index is 11.9. The Morgan fingerprint density at radius 1 is 1.41 bits per heavy atom. The van der Waals surface area contributed by atoms with Gasteiger partial charge in [-0.15, -0.1) is 0 Å². The van der Waals surface area contributed by atoms with Gasteiger partial charge in [0.1, 0.15) is 5.60 Å². The molecule has 1 aromatic heterocycles. The molecule has 5 nitrogen and oxygen atoms in total. The molecule has 0 radical (unpaired) electrons. The molecule has 0 saturated carbocycles. The number of carbonyl (C=O) groups excluding carboxylic acids is 1. The van der Waals surface area contributed by atoms with E-state index in [2.05, 4.69) is 21.7 Å². The highest BCUT2D eigenvalue weighted by Crippen LogP contribution is 2.32. The van der Waals surface area contributed by atoms with Crippen LogP contribution < -0.4 is 10.6 Å². The molecule has 1 fully saturated rings. The zero-order valence-electron chi connectivity index (χ0n) is 13.8. The van der Waals surface area contributed by atoms with Gasteiger partial charge < -0.3 is 15.4 Å². The lowest BCUT2D eigenvalue weighted by molar-refractivity contribution is 0.0485. The van der Waals surface area contributed by atoms with Crippen molar-refractivity contribution in [2.24, 2.45) is 5.41 Å². The van der Waals surface area contributed by atoms with Crippen LogP contribution in [0.3, 0.4) is 0 Å². The van der Waals surface area contributed by atoms with E-state index in [1.165, 1.54) is 5.56 Å². The van der Waals surface area contributed by atoms with E-state index in [4.69, 9.17) is 4.74 Å². The fraction of sp³-hybridized carbons (Fsp3) is 0.647. The minimum absolute atomic E-state index is 0.0746. The van der Waals surface area contributed by atoms with Gasteiger partial charge in [-0.05, 0) is 70.2 Å². The predicted molar refractivity (Wildman–Crippen MR) is 86.7 cm³/mol. The summed E-state index contributed by atoms with van der Waals surface area (Å²) in [6, 6.07) is 4.07. The van der Waals surface area contributed by atoms with Gasteiger partial charge in [0.05, 0.1) is 0 Å². The topological polar surface area (TPSA) is 63.2 Å². The number of pyridine rings is 1. The Kier molecular flexibility index (Phi) is 5.40. The maximum Gasteiger partial charge on any atom is 0.407 e. The molecule has 1 aromatic rings. The Morgan fingerprint density at radius 3 is 2.73 bits per heavy atom. The second-order valence-electron chi connectivity index (χ2n) is 7.14. The number of nitrogens with one attached hydrogen (secondary N) is 2. The number of nitrogens with zero attached hydrogens (tertiary/aromatic N) is 1. The molecule has 22 heavy (non-hydrogen) atoms. The van der Waals surface area contributed by atoms with Crippen molar-refractivity contribution >= 4 is 6.09 Å². The van der Waals surface area contributed by atoms with E-state index in [0.29, 0.717) is 6.54 Å². The molecule has 122 valence electrons. The van der Waals surface area contributed by atoms with Crippen LogP contribution in [0.5, 0.6) is 0 Å². The van der Waals surface area contributed by atoms with Crippen molar-refractivity contribution in [1.82, 2.24) is 15.6 Å². The van der Waals surface area contributed by atoms with Crippen LogP contribution in [0.2, 0.25) is 0 Å². The van der Waals surface area contributed by atoms with Crippen LogP contribution in [0.25, 0.3) is 0 Å². The summed E-state index contributed by atoms with van der Waals surface area (Å²) < 4.78 is 5.35. The van der Waals surface area contributed by atoms with Gasteiger partial charge in [-0.1, -0.05) is 6.07 Å². The number of rotatable bonds is 4. The van der Waals surface area contributed by atoms with Crippen LogP contribution in [0.4, 0.5) is 4.79 Å². The Hall–Kier alpha value is -1.62. The summed E-state index contributed by atoms with van der Waals surface area (Å²) in [5.74, 6) is 0. The number of hydrogen-bond donors (Lipinski definition) is 2. The van der Waals surface area contributed by atoms with E-state index in [1.807, 2.05) is 33.0 Å². The van der Waals surface area contributed by atoms with Gasteiger partial charge in [0.15, 0.2) is 0 Å². The number of hydrogen-bond acceptors (Lipinski definition) is 4. The Balaban J connectivity index is 1.98. The number of ether oxygens (including phenoxy) is 1. The molecule has 0 bridgehead atoms. The summed E-state index contributed by atoms with van der Waals surface area (Å²) in [6.45, 7) is 8.23. The fourth-order valence-electron chi connectivity index (χ4n) is 2.88. The molecule has 1 aliphatic rings. The molecule has 2 rings (SSSR count). The number of carbonyl (C=O) groups is 1. The maximum absolute atomic E-state index is 11.9. The molecule has 2 N–H and O–H groups in total. The third-order valence-corrected chi connectivity index (χ3v) is 3.97. The van der Waals surface area contributed by atoms with Crippen LogP contribution in [-0.2, 0) is 11.2 Å². The van der Waals surface area contributed by atoms with Crippen LogP contribution in [0, 0.1) is 5.41 Å². The van der Waals surface area contributed by atoms with Gasteiger partial charge in [0, 0.05) is 18.9 Å². The zero-order valence-corrected chi connectivity index (χ0v) is 13.8. The smallest absolute Gasteiger partial charge is 0.407 e. The number of amides is 1. The van der Waals surface area contributed by atoms with Crippen LogP contribution in [0.15, 0.2) is 24.5 Å². The standard InChI is InChI=1S/C17H27N3O2/c1-16(2,3)22-15(21)20-13-17(6-9-18-10-7-17)11-14-5-4-8-19-12-14/h4-5,8,12,18H,6-7,9-11,13H2,1-3H3,(H,20,21). The Morgan fingerprint density at radius 2 is 2.14 bits per heavy atom. The van der Waals surface area contributed by atoms with Gasteiger partial charge in [-0.25, -0.2) is 4.79 Å². The third kappa shape index (κ3) is 5.30. The van der Waals surface area contributed by atoms with Crippen molar-refractivity contribution in [2.75, 3.05) is 19.6 Å². The average molecular weight is 305 g/mol. The number of piperidine rings is 1. The van der Waals surface area contributed by atoms with E-state index in [0.717, 1.165) is 32.4 Å². The van der Waals surface area contributed by atoms with Crippen molar-refractivity contribution in [2.45, 2.75) is 45.6 Å². The van der Waals surface area contributed by atoms with E-state index < -0.39 is 5.60 Å². The molecule has 1 saturated heterocycles.